The standard InChI is InChI=1S/C37H54N2O4/c1-33(2)22-29(23-34(3,4)38(33)9)37(21-27-17-13-11-14-18-27,31(40)42-26-28-19-15-12-16-20-28)32(41)43-30-24-35(5,6)39(10)36(7,8)25-30/h11-20,29-30H,21-26H2,1-10H3. The topological polar surface area (TPSA) is 59.1 Å². The SMILES string of the molecule is CN1C(C)(C)CC(OC(=O)C(Cc2ccccc2)(C(=O)OCc2ccccc2)C2CC(C)(C)N(C)C(C)(C)C2)CC1(C)C. The first-order valence-electron chi connectivity index (χ1n) is 15.8. The lowest BCUT2D eigenvalue weighted by atomic mass is 9.60. The number of carbonyl (C=O) groups is 2. The third-order valence-corrected chi connectivity index (χ3v) is 10.8. The lowest BCUT2D eigenvalue weighted by molar-refractivity contribution is -0.192. The zero-order chi connectivity index (χ0) is 31.8. The van der Waals surface area contributed by atoms with Crippen molar-refractivity contribution in [3.8, 4) is 0 Å². The fourth-order valence-electron chi connectivity index (χ4n) is 7.81. The molecule has 4 rings (SSSR count). The lowest BCUT2D eigenvalue weighted by Gasteiger charge is -2.57. The predicted octanol–water partition coefficient (Wildman–Crippen LogP) is 7.05. The summed E-state index contributed by atoms with van der Waals surface area (Å²) < 4.78 is 12.7. The summed E-state index contributed by atoms with van der Waals surface area (Å²) in [4.78, 5) is 34.4. The van der Waals surface area contributed by atoms with Gasteiger partial charge in [-0.15, -0.1) is 0 Å². The average molecular weight is 591 g/mol. The number of hydrogen-bond donors (Lipinski definition) is 0. The summed E-state index contributed by atoms with van der Waals surface area (Å²) in [6.07, 6.45) is 2.66. The number of esters is 2. The van der Waals surface area contributed by atoms with Gasteiger partial charge in [-0.2, -0.15) is 0 Å². The van der Waals surface area contributed by atoms with Gasteiger partial charge in [0.15, 0.2) is 5.41 Å². The minimum atomic E-state index is -1.50. The highest BCUT2D eigenvalue weighted by Crippen LogP contribution is 2.51. The van der Waals surface area contributed by atoms with Gasteiger partial charge in [0.2, 0.25) is 0 Å². The van der Waals surface area contributed by atoms with Crippen LogP contribution in [0, 0.1) is 11.3 Å². The predicted molar refractivity (Wildman–Crippen MR) is 172 cm³/mol. The van der Waals surface area contributed by atoms with Crippen molar-refractivity contribution in [1.29, 1.82) is 0 Å². The Balaban J connectivity index is 1.80. The Morgan fingerprint density at radius 3 is 1.56 bits per heavy atom. The highest BCUT2D eigenvalue weighted by atomic mass is 16.6. The van der Waals surface area contributed by atoms with Crippen LogP contribution in [0.4, 0.5) is 0 Å². The number of rotatable bonds is 8. The van der Waals surface area contributed by atoms with Gasteiger partial charge in [0.05, 0.1) is 0 Å². The second-order valence-electron chi connectivity index (χ2n) is 15.6. The van der Waals surface area contributed by atoms with E-state index in [1.165, 1.54) is 0 Å². The van der Waals surface area contributed by atoms with E-state index in [1.807, 2.05) is 60.7 Å². The van der Waals surface area contributed by atoms with Gasteiger partial charge in [-0.05, 0) is 106 Å². The summed E-state index contributed by atoms with van der Waals surface area (Å²) in [5.74, 6) is -1.22. The zero-order valence-electron chi connectivity index (χ0n) is 28.2. The van der Waals surface area contributed by atoms with Crippen LogP contribution in [0.15, 0.2) is 60.7 Å². The van der Waals surface area contributed by atoms with Crippen LogP contribution in [-0.2, 0) is 32.1 Å². The lowest BCUT2D eigenvalue weighted by Crippen LogP contribution is -2.64. The molecule has 2 aromatic rings. The second kappa shape index (κ2) is 12.0. The minimum Gasteiger partial charge on any atom is -0.461 e. The smallest absolute Gasteiger partial charge is 0.324 e. The molecule has 2 aliphatic heterocycles. The van der Waals surface area contributed by atoms with Crippen LogP contribution in [-0.4, -0.2) is 64.1 Å². The molecule has 2 aromatic carbocycles. The molecule has 2 saturated heterocycles. The highest BCUT2D eigenvalue weighted by Gasteiger charge is 2.60. The first-order chi connectivity index (χ1) is 19.9. The van der Waals surface area contributed by atoms with Crippen LogP contribution >= 0.6 is 0 Å². The van der Waals surface area contributed by atoms with Gasteiger partial charge < -0.3 is 9.47 Å². The molecule has 1 atom stereocenters. The average Bonchev–Trinajstić information content (AvgIpc) is 2.92. The van der Waals surface area contributed by atoms with Crippen LogP contribution in [0.3, 0.4) is 0 Å². The Morgan fingerprint density at radius 2 is 1.09 bits per heavy atom. The van der Waals surface area contributed by atoms with Gasteiger partial charge in [0, 0.05) is 35.0 Å². The maximum absolute atomic E-state index is 14.9. The summed E-state index contributed by atoms with van der Waals surface area (Å²) in [5.41, 5.74) is -0.503. The first kappa shape index (κ1) is 33.2. The summed E-state index contributed by atoms with van der Waals surface area (Å²) in [6.45, 7) is 17.7. The van der Waals surface area contributed by atoms with Crippen molar-refractivity contribution in [3.63, 3.8) is 0 Å². The number of likely N-dealkylation sites (tertiary alicyclic amines) is 2. The summed E-state index contributed by atoms with van der Waals surface area (Å²) in [7, 11) is 4.28. The maximum Gasteiger partial charge on any atom is 0.324 e. The molecule has 0 radical (unpaired) electrons. The molecular weight excluding hydrogens is 536 g/mol. The molecule has 0 aromatic heterocycles. The van der Waals surface area contributed by atoms with E-state index < -0.39 is 17.4 Å². The molecular formula is C37H54N2O4. The second-order valence-corrected chi connectivity index (χ2v) is 15.6. The number of nitrogens with zero attached hydrogens (tertiary/aromatic N) is 2. The molecule has 2 aliphatic rings. The molecule has 0 N–H and O–H groups in total. The molecule has 0 amide bonds. The fraction of sp³-hybridized carbons (Fsp3) is 0.622. The number of benzene rings is 2. The van der Waals surface area contributed by atoms with E-state index in [2.05, 4.69) is 79.3 Å². The van der Waals surface area contributed by atoms with E-state index in [0.29, 0.717) is 25.7 Å². The summed E-state index contributed by atoms with van der Waals surface area (Å²) in [5, 5.41) is 0. The number of hydrogen-bond acceptors (Lipinski definition) is 6. The van der Waals surface area contributed by atoms with E-state index in [1.54, 1.807) is 0 Å². The number of piperidine rings is 2. The van der Waals surface area contributed by atoms with Crippen molar-refractivity contribution < 1.29 is 19.1 Å². The van der Waals surface area contributed by atoms with Gasteiger partial charge in [-0.1, -0.05) is 60.7 Å². The summed E-state index contributed by atoms with van der Waals surface area (Å²) >= 11 is 0. The van der Waals surface area contributed by atoms with Crippen molar-refractivity contribution in [3.05, 3.63) is 71.8 Å². The minimum absolute atomic E-state index is 0.108. The van der Waals surface area contributed by atoms with Crippen LogP contribution < -0.4 is 0 Å². The largest absolute Gasteiger partial charge is 0.461 e. The molecule has 0 aliphatic carbocycles. The quantitative estimate of drug-likeness (QED) is 0.243. The van der Waals surface area contributed by atoms with Gasteiger partial charge in [0.1, 0.15) is 12.7 Å². The van der Waals surface area contributed by atoms with E-state index in [0.717, 1.165) is 11.1 Å². The molecule has 6 nitrogen and oxygen atoms in total. The normalized spacial score (nSPS) is 23.7. The van der Waals surface area contributed by atoms with Crippen molar-refractivity contribution in [1.82, 2.24) is 9.80 Å². The van der Waals surface area contributed by atoms with E-state index in [4.69, 9.17) is 9.47 Å². The Labute approximate surface area is 260 Å². The molecule has 6 heteroatoms. The van der Waals surface area contributed by atoms with E-state index in [-0.39, 0.29) is 47.2 Å². The third-order valence-electron chi connectivity index (χ3n) is 10.8. The van der Waals surface area contributed by atoms with Crippen LogP contribution in [0.25, 0.3) is 0 Å². The van der Waals surface area contributed by atoms with Gasteiger partial charge in [-0.25, -0.2) is 0 Å². The van der Waals surface area contributed by atoms with Gasteiger partial charge >= 0.3 is 11.9 Å². The van der Waals surface area contributed by atoms with E-state index in [9.17, 15) is 9.59 Å². The molecule has 43 heavy (non-hydrogen) atoms. The Morgan fingerprint density at radius 1 is 0.674 bits per heavy atom. The maximum atomic E-state index is 14.9. The monoisotopic (exact) mass is 590 g/mol. The summed E-state index contributed by atoms with van der Waals surface area (Å²) in [6, 6.07) is 19.6. The van der Waals surface area contributed by atoms with Crippen molar-refractivity contribution in [2.75, 3.05) is 14.1 Å². The zero-order valence-corrected chi connectivity index (χ0v) is 28.2. The first-order valence-corrected chi connectivity index (χ1v) is 15.8. The molecule has 0 saturated carbocycles. The molecule has 2 heterocycles. The van der Waals surface area contributed by atoms with Gasteiger partial charge in [-0.3, -0.25) is 19.4 Å². The third kappa shape index (κ3) is 6.86. The highest BCUT2D eigenvalue weighted by molar-refractivity contribution is 6.01. The molecule has 0 bridgehead atoms. The van der Waals surface area contributed by atoms with Crippen LogP contribution in [0.1, 0.15) is 92.2 Å². The van der Waals surface area contributed by atoms with Crippen molar-refractivity contribution in [2.24, 2.45) is 11.3 Å². The molecule has 1 unspecified atom stereocenters. The Hall–Kier alpha value is -2.70. The molecule has 236 valence electrons. The van der Waals surface area contributed by atoms with Gasteiger partial charge in [0.25, 0.3) is 0 Å². The number of carbonyl (C=O) groups excluding carboxylic acids is 2. The van der Waals surface area contributed by atoms with Crippen LogP contribution in [0.5, 0.6) is 0 Å². The van der Waals surface area contributed by atoms with E-state index >= 15 is 0 Å². The Bertz CT molecular complexity index is 1230. The fourth-order valence-corrected chi connectivity index (χ4v) is 7.81. The molecule has 2 fully saturated rings. The Kier molecular flexibility index (Phi) is 9.27. The van der Waals surface area contributed by atoms with Crippen molar-refractivity contribution in [2.45, 2.75) is 122 Å². The van der Waals surface area contributed by atoms with Crippen molar-refractivity contribution >= 4 is 11.9 Å². The van der Waals surface area contributed by atoms with Crippen LogP contribution in [0.2, 0.25) is 0 Å². The number of ether oxygens (including phenoxy) is 2. The molecule has 0 spiro atoms.